The molecular formula is C24H18Cl3IN4O5. The van der Waals surface area contributed by atoms with Crippen molar-refractivity contribution >= 4 is 92.7 Å². The lowest BCUT2D eigenvalue weighted by Crippen LogP contribution is -2.32. The van der Waals surface area contributed by atoms with Crippen LogP contribution in [0.5, 0.6) is 11.5 Å². The largest absolute Gasteiger partial charge is 0.493 e. The molecule has 0 aromatic heterocycles. The molecule has 3 rings (SSSR count). The van der Waals surface area contributed by atoms with Crippen molar-refractivity contribution in [3.8, 4) is 11.5 Å². The molecule has 0 aliphatic rings. The summed E-state index contributed by atoms with van der Waals surface area (Å²) in [5.74, 6) is -1.64. The summed E-state index contributed by atoms with van der Waals surface area (Å²) in [5.41, 5.74) is 3.50. The number of rotatable bonds is 8. The molecule has 0 saturated carbocycles. The number of nitrogens with one attached hydrogen (secondary N) is 3. The molecule has 3 N–H and O–H groups in total. The summed E-state index contributed by atoms with van der Waals surface area (Å²) in [5, 5.41) is 10.1. The van der Waals surface area contributed by atoms with Crippen LogP contribution in [0.1, 0.15) is 5.56 Å². The predicted octanol–water partition coefficient (Wildman–Crippen LogP) is 5.37. The molecule has 0 saturated heterocycles. The molecule has 192 valence electrons. The number of carbonyl (C=O) groups excluding carboxylic acids is 3. The van der Waals surface area contributed by atoms with Gasteiger partial charge in [-0.05, 0) is 76.7 Å². The van der Waals surface area contributed by atoms with Gasteiger partial charge in [0.25, 0.3) is 5.91 Å². The highest BCUT2D eigenvalue weighted by Crippen LogP contribution is 2.33. The molecule has 13 heteroatoms. The third kappa shape index (κ3) is 8.78. The van der Waals surface area contributed by atoms with Crippen LogP contribution in [0, 0.1) is 3.57 Å². The Bertz CT molecular complexity index is 1350. The normalized spacial score (nSPS) is 10.6. The number of anilines is 2. The predicted molar refractivity (Wildman–Crippen MR) is 152 cm³/mol. The molecule has 0 unspecified atom stereocenters. The standard InChI is InChI=1S/C24H18Cl3IN4O5/c1-36-20-6-13(11-29-32-24(35)23(34)31-17-4-2-3-14(25)8-17)5-19(28)22(20)37-12-21(33)30-18-9-15(26)7-16(27)10-18/h2-11H,12H2,1H3,(H,30,33)(H,31,34)(H,32,35)/b29-11-. The number of halogens is 4. The SMILES string of the molecule is COc1cc(/C=N\NC(=O)C(=O)Nc2cccc(Cl)c2)cc(I)c1OCC(=O)Nc1cc(Cl)cc(Cl)c1. The molecule has 0 fully saturated rings. The number of carbonyl (C=O) groups is 3. The van der Waals surface area contributed by atoms with Crippen molar-refractivity contribution in [2.75, 3.05) is 24.4 Å². The zero-order valence-corrected chi connectivity index (χ0v) is 23.4. The van der Waals surface area contributed by atoms with E-state index >= 15 is 0 Å². The molecule has 0 aliphatic heterocycles. The van der Waals surface area contributed by atoms with E-state index in [4.69, 9.17) is 44.3 Å². The summed E-state index contributed by atoms with van der Waals surface area (Å²) in [6, 6.07) is 14.3. The van der Waals surface area contributed by atoms with Gasteiger partial charge in [-0.2, -0.15) is 5.10 Å². The van der Waals surface area contributed by atoms with Crippen LogP contribution in [0.4, 0.5) is 11.4 Å². The second-order valence-electron chi connectivity index (χ2n) is 7.19. The van der Waals surface area contributed by atoms with E-state index < -0.39 is 17.7 Å². The monoisotopic (exact) mass is 674 g/mol. The minimum absolute atomic E-state index is 0.304. The van der Waals surface area contributed by atoms with Gasteiger partial charge in [0.15, 0.2) is 18.1 Å². The van der Waals surface area contributed by atoms with Crippen molar-refractivity contribution in [3.63, 3.8) is 0 Å². The molecule has 37 heavy (non-hydrogen) atoms. The highest BCUT2D eigenvalue weighted by molar-refractivity contribution is 14.1. The lowest BCUT2D eigenvalue weighted by molar-refractivity contribution is -0.136. The van der Waals surface area contributed by atoms with E-state index in [-0.39, 0.29) is 6.61 Å². The van der Waals surface area contributed by atoms with Crippen molar-refractivity contribution in [1.29, 1.82) is 0 Å². The van der Waals surface area contributed by atoms with Crippen LogP contribution in [0.25, 0.3) is 0 Å². The lowest BCUT2D eigenvalue weighted by atomic mass is 10.2. The van der Waals surface area contributed by atoms with Gasteiger partial charge in [-0.25, -0.2) is 5.43 Å². The molecule has 3 aromatic carbocycles. The summed E-state index contributed by atoms with van der Waals surface area (Å²) in [7, 11) is 1.44. The molecule has 3 amide bonds. The van der Waals surface area contributed by atoms with Crippen LogP contribution in [0.15, 0.2) is 59.7 Å². The number of nitrogens with zero attached hydrogens (tertiary/aromatic N) is 1. The molecule has 0 radical (unpaired) electrons. The fourth-order valence-corrected chi connectivity index (χ4v) is 4.38. The first-order valence-electron chi connectivity index (χ1n) is 10.3. The zero-order valence-electron chi connectivity index (χ0n) is 19.0. The topological polar surface area (TPSA) is 118 Å². The van der Waals surface area contributed by atoms with Gasteiger partial charge in [0.05, 0.1) is 16.9 Å². The smallest absolute Gasteiger partial charge is 0.329 e. The van der Waals surface area contributed by atoms with E-state index in [2.05, 4.69) is 21.2 Å². The van der Waals surface area contributed by atoms with Crippen molar-refractivity contribution in [2.45, 2.75) is 0 Å². The number of hydrogen-bond donors (Lipinski definition) is 3. The van der Waals surface area contributed by atoms with Gasteiger partial charge in [-0.3, -0.25) is 14.4 Å². The number of hydrazone groups is 1. The van der Waals surface area contributed by atoms with Gasteiger partial charge in [0, 0.05) is 26.4 Å². The third-order valence-corrected chi connectivity index (χ3v) is 5.89. The fourth-order valence-electron chi connectivity index (χ4n) is 2.89. The summed E-state index contributed by atoms with van der Waals surface area (Å²) in [6.07, 6.45) is 1.33. The molecule has 9 nitrogen and oxygen atoms in total. The van der Waals surface area contributed by atoms with E-state index in [1.807, 2.05) is 22.6 Å². The first-order valence-corrected chi connectivity index (χ1v) is 12.5. The van der Waals surface area contributed by atoms with Crippen LogP contribution >= 0.6 is 57.4 Å². The Morgan fingerprint density at radius 1 is 0.919 bits per heavy atom. The van der Waals surface area contributed by atoms with Gasteiger partial charge < -0.3 is 20.1 Å². The first-order chi connectivity index (χ1) is 17.6. The molecule has 0 bridgehead atoms. The molecule has 0 heterocycles. The third-order valence-electron chi connectivity index (χ3n) is 4.41. The van der Waals surface area contributed by atoms with Crippen LogP contribution in [0.3, 0.4) is 0 Å². The van der Waals surface area contributed by atoms with E-state index in [1.165, 1.54) is 19.4 Å². The maximum Gasteiger partial charge on any atom is 0.329 e. The summed E-state index contributed by atoms with van der Waals surface area (Å²) in [6.45, 7) is -0.304. The highest BCUT2D eigenvalue weighted by Gasteiger charge is 2.15. The number of methoxy groups -OCH3 is 1. The van der Waals surface area contributed by atoms with E-state index in [0.717, 1.165) is 0 Å². The molecule has 0 spiro atoms. The number of hydrogen-bond acceptors (Lipinski definition) is 6. The van der Waals surface area contributed by atoms with Gasteiger partial charge in [-0.15, -0.1) is 0 Å². The zero-order chi connectivity index (χ0) is 26.9. The van der Waals surface area contributed by atoms with E-state index in [1.54, 1.807) is 48.5 Å². The Balaban J connectivity index is 1.59. The quantitative estimate of drug-likeness (QED) is 0.129. The lowest BCUT2D eigenvalue weighted by Gasteiger charge is -2.13. The average molecular weight is 676 g/mol. The van der Waals surface area contributed by atoms with Crippen LogP contribution in [0.2, 0.25) is 15.1 Å². The fraction of sp³-hybridized carbons (Fsp3) is 0.0833. The Hall–Kier alpha value is -3.06. The highest BCUT2D eigenvalue weighted by atomic mass is 127. The van der Waals surface area contributed by atoms with Gasteiger partial charge in [-0.1, -0.05) is 40.9 Å². The Labute approximate surface area is 240 Å². The second kappa shape index (κ2) is 13.5. The summed E-state index contributed by atoms with van der Waals surface area (Å²) < 4.78 is 11.6. The van der Waals surface area contributed by atoms with Crippen LogP contribution in [-0.4, -0.2) is 37.7 Å². The molecular weight excluding hydrogens is 658 g/mol. The van der Waals surface area contributed by atoms with Gasteiger partial charge >= 0.3 is 11.8 Å². The maximum atomic E-state index is 12.3. The maximum absolute atomic E-state index is 12.3. The Kier molecular flexibility index (Phi) is 10.4. The van der Waals surface area contributed by atoms with Crippen LogP contribution < -0.4 is 25.5 Å². The minimum atomic E-state index is -0.968. The van der Waals surface area contributed by atoms with Gasteiger partial charge in [0.1, 0.15) is 0 Å². The van der Waals surface area contributed by atoms with Gasteiger partial charge in [0.2, 0.25) is 0 Å². The van der Waals surface area contributed by atoms with E-state index in [0.29, 0.717) is 47.1 Å². The Morgan fingerprint density at radius 3 is 2.30 bits per heavy atom. The second-order valence-corrected chi connectivity index (χ2v) is 9.66. The minimum Gasteiger partial charge on any atom is -0.493 e. The van der Waals surface area contributed by atoms with Crippen LogP contribution in [-0.2, 0) is 14.4 Å². The first kappa shape index (κ1) is 28.5. The van der Waals surface area contributed by atoms with E-state index in [9.17, 15) is 14.4 Å². The van der Waals surface area contributed by atoms with Crippen molar-refractivity contribution in [1.82, 2.24) is 5.43 Å². The average Bonchev–Trinajstić information content (AvgIpc) is 2.82. The Morgan fingerprint density at radius 2 is 1.62 bits per heavy atom. The number of ether oxygens (including phenoxy) is 2. The van der Waals surface area contributed by atoms with Crippen molar-refractivity contribution < 1.29 is 23.9 Å². The van der Waals surface area contributed by atoms with Crippen molar-refractivity contribution in [3.05, 3.63) is 78.8 Å². The summed E-state index contributed by atoms with van der Waals surface area (Å²) in [4.78, 5) is 36.3. The molecule has 0 atom stereocenters. The number of amides is 3. The number of benzene rings is 3. The molecule has 3 aromatic rings. The van der Waals surface area contributed by atoms with Crippen molar-refractivity contribution in [2.24, 2.45) is 5.10 Å². The molecule has 0 aliphatic carbocycles. The summed E-state index contributed by atoms with van der Waals surface area (Å²) >= 11 is 19.8.